The zero-order valence-corrected chi connectivity index (χ0v) is 9.08. The van der Waals surface area contributed by atoms with Crippen molar-refractivity contribution in [2.45, 2.75) is 31.7 Å². The molecule has 2 heterocycles. The van der Waals surface area contributed by atoms with E-state index in [0.29, 0.717) is 0 Å². The lowest BCUT2D eigenvalue weighted by atomic mass is 10.1. The fraction of sp³-hybridized carbons (Fsp3) is 0.538. The summed E-state index contributed by atoms with van der Waals surface area (Å²) < 4.78 is 0. The molecule has 1 aromatic rings. The average molecular weight is 202 g/mol. The van der Waals surface area contributed by atoms with Gasteiger partial charge in [-0.1, -0.05) is 25.0 Å². The highest BCUT2D eigenvalue weighted by Crippen LogP contribution is 2.34. The van der Waals surface area contributed by atoms with E-state index in [9.17, 15) is 0 Å². The van der Waals surface area contributed by atoms with Crippen molar-refractivity contribution in [1.29, 1.82) is 0 Å². The van der Waals surface area contributed by atoms with Gasteiger partial charge in [0.25, 0.3) is 0 Å². The van der Waals surface area contributed by atoms with Gasteiger partial charge in [0.2, 0.25) is 0 Å². The van der Waals surface area contributed by atoms with Gasteiger partial charge in [0.05, 0.1) is 11.4 Å². The van der Waals surface area contributed by atoms with Crippen LogP contribution in [-0.2, 0) is 0 Å². The minimum Gasteiger partial charge on any atom is -0.381 e. The highest BCUT2D eigenvalue weighted by atomic mass is 15.2. The van der Waals surface area contributed by atoms with E-state index in [-0.39, 0.29) is 0 Å². The standard InChI is InChI=1S/C13H18N2/c1-2-6-11-10-14-12-7-3-4-8-13(12)15(11)9-5-1/h3-4,7-8,11,14H,1-2,5-6,9-10H2/t11-/m1/s1. The van der Waals surface area contributed by atoms with Crippen molar-refractivity contribution in [3.8, 4) is 0 Å². The average Bonchev–Trinajstić information content (AvgIpc) is 2.54. The summed E-state index contributed by atoms with van der Waals surface area (Å²) in [5.41, 5.74) is 2.73. The Morgan fingerprint density at radius 1 is 1.13 bits per heavy atom. The van der Waals surface area contributed by atoms with Crippen molar-refractivity contribution in [2.75, 3.05) is 23.3 Å². The van der Waals surface area contributed by atoms with Gasteiger partial charge in [0.1, 0.15) is 0 Å². The topological polar surface area (TPSA) is 15.3 Å². The van der Waals surface area contributed by atoms with E-state index in [2.05, 4.69) is 34.5 Å². The number of nitrogens with one attached hydrogen (secondary N) is 1. The normalized spacial score (nSPS) is 24.8. The van der Waals surface area contributed by atoms with Crippen LogP contribution in [0.1, 0.15) is 25.7 Å². The molecule has 2 nitrogen and oxygen atoms in total. The second-order valence-corrected chi connectivity index (χ2v) is 4.59. The fourth-order valence-electron chi connectivity index (χ4n) is 2.81. The van der Waals surface area contributed by atoms with Crippen molar-refractivity contribution in [3.05, 3.63) is 24.3 Å². The third kappa shape index (κ3) is 1.58. The third-order valence-electron chi connectivity index (χ3n) is 3.62. The maximum absolute atomic E-state index is 3.55. The van der Waals surface area contributed by atoms with Crippen molar-refractivity contribution in [2.24, 2.45) is 0 Å². The van der Waals surface area contributed by atoms with Gasteiger partial charge in [-0.25, -0.2) is 0 Å². The number of anilines is 2. The Morgan fingerprint density at radius 2 is 2.07 bits per heavy atom. The number of nitrogens with zero attached hydrogens (tertiary/aromatic N) is 1. The van der Waals surface area contributed by atoms with Crippen LogP contribution in [0.3, 0.4) is 0 Å². The lowest BCUT2D eigenvalue weighted by Gasteiger charge is -2.38. The van der Waals surface area contributed by atoms with Gasteiger partial charge < -0.3 is 10.2 Å². The molecular formula is C13H18N2. The smallest absolute Gasteiger partial charge is 0.0605 e. The second-order valence-electron chi connectivity index (χ2n) is 4.59. The lowest BCUT2D eigenvalue weighted by molar-refractivity contribution is 0.583. The first-order valence-electron chi connectivity index (χ1n) is 6.05. The first-order valence-corrected chi connectivity index (χ1v) is 6.05. The van der Waals surface area contributed by atoms with Crippen molar-refractivity contribution < 1.29 is 0 Å². The molecule has 1 aromatic carbocycles. The molecule has 0 radical (unpaired) electrons. The van der Waals surface area contributed by atoms with Crippen molar-refractivity contribution in [3.63, 3.8) is 0 Å². The number of rotatable bonds is 0. The van der Waals surface area contributed by atoms with E-state index in [4.69, 9.17) is 0 Å². The maximum atomic E-state index is 3.55. The molecule has 2 aliphatic heterocycles. The predicted molar refractivity (Wildman–Crippen MR) is 64.5 cm³/mol. The summed E-state index contributed by atoms with van der Waals surface area (Å²) in [5.74, 6) is 0. The second kappa shape index (κ2) is 3.76. The Morgan fingerprint density at radius 3 is 3.07 bits per heavy atom. The fourth-order valence-corrected chi connectivity index (χ4v) is 2.81. The molecular weight excluding hydrogens is 184 g/mol. The Kier molecular flexibility index (Phi) is 2.28. The van der Waals surface area contributed by atoms with Crippen LogP contribution < -0.4 is 10.2 Å². The number of hydrogen-bond donors (Lipinski definition) is 1. The molecule has 1 saturated heterocycles. The van der Waals surface area contributed by atoms with Gasteiger partial charge >= 0.3 is 0 Å². The molecule has 2 aliphatic rings. The molecule has 0 spiro atoms. The van der Waals surface area contributed by atoms with E-state index >= 15 is 0 Å². The molecule has 1 N–H and O–H groups in total. The molecule has 0 unspecified atom stereocenters. The zero-order valence-electron chi connectivity index (χ0n) is 9.08. The Balaban J connectivity index is 1.96. The van der Waals surface area contributed by atoms with Crippen LogP contribution in [0.5, 0.6) is 0 Å². The Bertz CT molecular complexity index is 348. The molecule has 0 bridgehead atoms. The van der Waals surface area contributed by atoms with Crippen LogP contribution in [0.15, 0.2) is 24.3 Å². The van der Waals surface area contributed by atoms with Crippen molar-refractivity contribution in [1.82, 2.24) is 0 Å². The monoisotopic (exact) mass is 202 g/mol. The zero-order chi connectivity index (χ0) is 10.1. The van der Waals surface area contributed by atoms with Crippen molar-refractivity contribution >= 4 is 11.4 Å². The van der Waals surface area contributed by atoms with Gasteiger partial charge in [0.15, 0.2) is 0 Å². The maximum Gasteiger partial charge on any atom is 0.0605 e. The third-order valence-corrected chi connectivity index (χ3v) is 3.62. The molecule has 3 rings (SSSR count). The molecule has 0 aromatic heterocycles. The van der Waals surface area contributed by atoms with Crippen LogP contribution in [0.4, 0.5) is 11.4 Å². The van der Waals surface area contributed by atoms with Crippen LogP contribution in [0.25, 0.3) is 0 Å². The molecule has 0 aliphatic carbocycles. The quantitative estimate of drug-likeness (QED) is 0.696. The Labute approximate surface area is 91.3 Å². The minimum atomic E-state index is 0.724. The molecule has 2 heteroatoms. The van der Waals surface area contributed by atoms with Gasteiger partial charge in [-0.2, -0.15) is 0 Å². The van der Waals surface area contributed by atoms with Gasteiger partial charge in [0, 0.05) is 19.1 Å². The first-order chi connectivity index (χ1) is 7.45. The minimum absolute atomic E-state index is 0.724. The van der Waals surface area contributed by atoms with Crippen LogP contribution >= 0.6 is 0 Å². The molecule has 1 atom stereocenters. The summed E-state index contributed by atoms with van der Waals surface area (Å²) in [6.45, 7) is 2.36. The van der Waals surface area contributed by atoms with Crippen LogP contribution in [0, 0.1) is 0 Å². The highest BCUT2D eigenvalue weighted by Gasteiger charge is 2.26. The highest BCUT2D eigenvalue weighted by molar-refractivity contribution is 5.72. The van der Waals surface area contributed by atoms with E-state index in [0.717, 1.165) is 12.6 Å². The summed E-state index contributed by atoms with van der Waals surface area (Å²) in [6, 6.07) is 9.43. The summed E-state index contributed by atoms with van der Waals surface area (Å²) >= 11 is 0. The SMILES string of the molecule is c1ccc2c(c1)NC[C@H]1CCCCCN21. The number of para-hydroxylation sites is 2. The summed E-state index contributed by atoms with van der Waals surface area (Å²) in [5, 5.41) is 3.55. The first kappa shape index (κ1) is 9.08. The van der Waals surface area contributed by atoms with Crippen LogP contribution in [0.2, 0.25) is 0 Å². The van der Waals surface area contributed by atoms with E-state index in [1.165, 1.54) is 43.6 Å². The molecule has 0 amide bonds. The molecule has 1 fully saturated rings. The molecule has 0 saturated carbocycles. The van der Waals surface area contributed by atoms with E-state index in [1.54, 1.807) is 0 Å². The largest absolute Gasteiger partial charge is 0.381 e. The number of hydrogen-bond acceptors (Lipinski definition) is 2. The number of fused-ring (bicyclic) bond motifs is 3. The van der Waals surface area contributed by atoms with E-state index < -0.39 is 0 Å². The van der Waals surface area contributed by atoms with Gasteiger partial charge in [-0.05, 0) is 25.0 Å². The molecule has 15 heavy (non-hydrogen) atoms. The van der Waals surface area contributed by atoms with E-state index in [1.807, 2.05) is 0 Å². The van der Waals surface area contributed by atoms with Crippen LogP contribution in [-0.4, -0.2) is 19.1 Å². The Hall–Kier alpha value is -1.18. The van der Waals surface area contributed by atoms with Gasteiger partial charge in [-0.3, -0.25) is 0 Å². The summed E-state index contributed by atoms with van der Waals surface area (Å²) in [7, 11) is 0. The summed E-state index contributed by atoms with van der Waals surface area (Å²) in [4.78, 5) is 2.61. The lowest BCUT2D eigenvalue weighted by Crippen LogP contribution is -2.43. The number of benzene rings is 1. The summed E-state index contributed by atoms with van der Waals surface area (Å²) in [6.07, 6.45) is 5.49. The molecule has 80 valence electrons. The van der Waals surface area contributed by atoms with Gasteiger partial charge in [-0.15, -0.1) is 0 Å². The predicted octanol–water partition coefficient (Wildman–Crippen LogP) is 2.86.